The largest absolute Gasteiger partial charge is 0.337 e. The molecular weight excluding hydrogens is 198 g/mol. The first-order valence-corrected chi connectivity index (χ1v) is 5.81. The van der Waals surface area contributed by atoms with Crippen molar-refractivity contribution in [3.63, 3.8) is 0 Å². The lowest BCUT2D eigenvalue weighted by atomic mass is 9.79. The molecule has 0 fully saturated rings. The number of allylic oxidation sites excluding steroid dienone is 2. The third kappa shape index (κ3) is 1.62. The molecule has 0 spiro atoms. The molecule has 2 heteroatoms. The molecule has 2 aliphatic rings. The average Bonchev–Trinajstić information content (AvgIpc) is 2.40. The Kier molecular flexibility index (Phi) is 2.53. The fraction of sp³-hybridized carbons (Fsp3) is 0.500. The highest BCUT2D eigenvalue weighted by molar-refractivity contribution is 6.00. The number of amides is 1. The van der Waals surface area contributed by atoms with E-state index in [1.165, 1.54) is 0 Å². The van der Waals surface area contributed by atoms with Crippen LogP contribution in [0.25, 0.3) is 0 Å². The maximum Gasteiger partial charge on any atom is 0.254 e. The van der Waals surface area contributed by atoms with Crippen LogP contribution in [0.4, 0.5) is 0 Å². The van der Waals surface area contributed by atoms with Gasteiger partial charge >= 0.3 is 0 Å². The predicted molar refractivity (Wildman–Crippen MR) is 65.9 cm³/mol. The van der Waals surface area contributed by atoms with Crippen molar-refractivity contribution >= 4 is 5.91 Å². The van der Waals surface area contributed by atoms with Gasteiger partial charge in [0.05, 0.1) is 0 Å². The Bertz CT molecular complexity index is 414. The lowest BCUT2D eigenvalue weighted by Gasteiger charge is -2.26. The molecule has 86 valence electrons. The van der Waals surface area contributed by atoms with Crippen LogP contribution in [0.1, 0.15) is 20.8 Å². The molecule has 0 saturated carbocycles. The van der Waals surface area contributed by atoms with Crippen molar-refractivity contribution in [3.8, 4) is 0 Å². The van der Waals surface area contributed by atoms with Gasteiger partial charge in [0, 0.05) is 24.6 Å². The van der Waals surface area contributed by atoms with Gasteiger partial charge in [0.15, 0.2) is 0 Å². The summed E-state index contributed by atoms with van der Waals surface area (Å²) in [7, 11) is 1.85. The van der Waals surface area contributed by atoms with Crippen LogP contribution in [-0.2, 0) is 4.79 Å². The summed E-state index contributed by atoms with van der Waals surface area (Å²) < 4.78 is 0. The Hall–Kier alpha value is -1.31. The minimum Gasteiger partial charge on any atom is -0.337 e. The molecule has 1 atom stereocenters. The monoisotopic (exact) mass is 217 g/mol. The smallest absolute Gasteiger partial charge is 0.254 e. The number of nitrogens with zero attached hydrogens (tertiary/aromatic N) is 1. The van der Waals surface area contributed by atoms with Crippen molar-refractivity contribution < 1.29 is 4.79 Å². The van der Waals surface area contributed by atoms with E-state index in [-0.39, 0.29) is 11.3 Å². The van der Waals surface area contributed by atoms with E-state index >= 15 is 0 Å². The quantitative estimate of drug-likeness (QED) is 0.661. The van der Waals surface area contributed by atoms with Gasteiger partial charge in [-0.15, -0.1) is 0 Å². The minimum absolute atomic E-state index is 0.0587. The average molecular weight is 217 g/mol. The first-order chi connectivity index (χ1) is 7.44. The summed E-state index contributed by atoms with van der Waals surface area (Å²) in [6.07, 6.45) is 8.51. The molecule has 1 heterocycles. The molecule has 0 radical (unpaired) electrons. The van der Waals surface area contributed by atoms with Gasteiger partial charge in [-0.2, -0.15) is 0 Å². The molecular formula is C14H19NO. The van der Waals surface area contributed by atoms with Crippen LogP contribution in [0.3, 0.4) is 0 Å². The molecule has 2 rings (SSSR count). The van der Waals surface area contributed by atoms with Gasteiger partial charge < -0.3 is 4.90 Å². The minimum atomic E-state index is 0.0587. The van der Waals surface area contributed by atoms with Crippen LogP contribution in [-0.4, -0.2) is 24.4 Å². The highest BCUT2D eigenvalue weighted by atomic mass is 16.2. The molecule has 0 N–H and O–H groups in total. The molecule has 0 aromatic heterocycles. The van der Waals surface area contributed by atoms with Crippen LogP contribution in [0.15, 0.2) is 35.5 Å². The molecule has 1 unspecified atom stereocenters. The summed E-state index contributed by atoms with van der Waals surface area (Å²) in [6, 6.07) is 0. The summed E-state index contributed by atoms with van der Waals surface area (Å²) in [5, 5.41) is 0. The van der Waals surface area contributed by atoms with Gasteiger partial charge in [0.2, 0.25) is 0 Å². The molecule has 0 aromatic rings. The first-order valence-electron chi connectivity index (χ1n) is 5.81. The number of carbonyl (C=O) groups excluding carboxylic acids is 1. The zero-order valence-corrected chi connectivity index (χ0v) is 10.4. The van der Waals surface area contributed by atoms with Crippen molar-refractivity contribution in [2.75, 3.05) is 13.6 Å². The second-order valence-corrected chi connectivity index (χ2v) is 5.29. The second-order valence-electron chi connectivity index (χ2n) is 5.29. The van der Waals surface area contributed by atoms with E-state index < -0.39 is 0 Å². The Balaban J connectivity index is 2.36. The number of carbonyl (C=O) groups is 1. The SMILES string of the molecule is CC(C)C1(C)C=CC2=C(C=C1)C(=O)N(C)C2. The summed E-state index contributed by atoms with van der Waals surface area (Å²) >= 11 is 0. The van der Waals surface area contributed by atoms with E-state index in [9.17, 15) is 4.79 Å². The number of likely N-dealkylation sites (N-methyl/N-ethyl adjacent to an activating group) is 1. The molecule has 16 heavy (non-hydrogen) atoms. The Morgan fingerprint density at radius 3 is 2.56 bits per heavy atom. The summed E-state index contributed by atoms with van der Waals surface area (Å²) in [5.74, 6) is 0.678. The summed E-state index contributed by atoms with van der Waals surface area (Å²) in [4.78, 5) is 13.6. The van der Waals surface area contributed by atoms with Gasteiger partial charge in [0.1, 0.15) is 0 Å². The highest BCUT2D eigenvalue weighted by Gasteiger charge is 2.29. The maximum atomic E-state index is 11.9. The van der Waals surface area contributed by atoms with Gasteiger partial charge in [0.25, 0.3) is 5.91 Å². The molecule has 0 bridgehead atoms. The number of hydrogen-bond donors (Lipinski definition) is 0. The van der Waals surface area contributed by atoms with E-state index in [4.69, 9.17) is 0 Å². The second kappa shape index (κ2) is 3.62. The highest BCUT2D eigenvalue weighted by Crippen LogP contribution is 2.35. The Labute approximate surface area is 97.3 Å². The van der Waals surface area contributed by atoms with Crippen molar-refractivity contribution in [1.29, 1.82) is 0 Å². The van der Waals surface area contributed by atoms with Gasteiger partial charge in [-0.1, -0.05) is 45.1 Å². The number of rotatable bonds is 1. The van der Waals surface area contributed by atoms with Crippen molar-refractivity contribution in [3.05, 3.63) is 35.5 Å². The summed E-state index contributed by atoms with van der Waals surface area (Å²) in [5.41, 5.74) is 2.07. The Morgan fingerprint density at radius 2 is 1.94 bits per heavy atom. The lowest BCUT2D eigenvalue weighted by molar-refractivity contribution is -0.124. The topological polar surface area (TPSA) is 20.3 Å². The van der Waals surface area contributed by atoms with Crippen LogP contribution in [0, 0.1) is 11.3 Å². The van der Waals surface area contributed by atoms with Gasteiger partial charge in [-0.25, -0.2) is 0 Å². The van der Waals surface area contributed by atoms with Crippen LogP contribution in [0.5, 0.6) is 0 Å². The molecule has 0 aromatic carbocycles. The molecule has 1 amide bonds. The van der Waals surface area contributed by atoms with Crippen LogP contribution in [0.2, 0.25) is 0 Å². The zero-order valence-electron chi connectivity index (χ0n) is 10.4. The Morgan fingerprint density at radius 1 is 1.31 bits per heavy atom. The zero-order chi connectivity index (χ0) is 11.9. The predicted octanol–water partition coefficient (Wildman–Crippen LogP) is 2.54. The van der Waals surface area contributed by atoms with Gasteiger partial charge in [-0.3, -0.25) is 4.79 Å². The first kappa shape index (κ1) is 11.2. The van der Waals surface area contributed by atoms with E-state index in [1.807, 2.05) is 13.1 Å². The third-order valence-electron chi connectivity index (χ3n) is 3.83. The van der Waals surface area contributed by atoms with Crippen molar-refractivity contribution in [2.24, 2.45) is 11.3 Å². The number of hydrogen-bond acceptors (Lipinski definition) is 1. The maximum absolute atomic E-state index is 11.9. The standard InChI is InChI=1S/C14H19NO/c1-10(2)14(3)7-5-11-9-15(4)13(16)12(11)6-8-14/h5-8,10H,9H2,1-4H3. The molecule has 2 nitrogen and oxygen atoms in total. The van der Waals surface area contributed by atoms with E-state index in [0.717, 1.165) is 17.7 Å². The van der Waals surface area contributed by atoms with Gasteiger partial charge in [-0.05, 0) is 11.5 Å². The van der Waals surface area contributed by atoms with E-state index in [0.29, 0.717) is 5.92 Å². The fourth-order valence-corrected chi connectivity index (χ4v) is 2.06. The lowest BCUT2D eigenvalue weighted by Crippen LogP contribution is -2.22. The van der Waals surface area contributed by atoms with Crippen molar-refractivity contribution in [2.45, 2.75) is 20.8 Å². The van der Waals surface area contributed by atoms with E-state index in [1.54, 1.807) is 4.90 Å². The van der Waals surface area contributed by atoms with Crippen LogP contribution >= 0.6 is 0 Å². The molecule has 0 saturated heterocycles. The normalized spacial score (nSPS) is 29.1. The fourth-order valence-electron chi connectivity index (χ4n) is 2.06. The summed E-state index contributed by atoms with van der Waals surface area (Å²) in [6.45, 7) is 7.36. The third-order valence-corrected chi connectivity index (χ3v) is 3.83. The van der Waals surface area contributed by atoms with Crippen LogP contribution < -0.4 is 0 Å². The molecule has 1 aliphatic heterocycles. The molecule has 1 aliphatic carbocycles. The van der Waals surface area contributed by atoms with Crippen molar-refractivity contribution in [1.82, 2.24) is 4.90 Å². The van der Waals surface area contributed by atoms with E-state index in [2.05, 4.69) is 39.0 Å².